The number of rotatable bonds is 4. The number of benzene rings is 2. The summed E-state index contributed by atoms with van der Waals surface area (Å²) in [4.78, 5) is 14.8. The van der Waals surface area contributed by atoms with E-state index in [0.29, 0.717) is 36.0 Å². The number of morpholine rings is 1. The third kappa shape index (κ3) is 3.77. The highest BCUT2D eigenvalue weighted by atomic mass is 16.7. The first kappa shape index (κ1) is 18.4. The predicted molar refractivity (Wildman–Crippen MR) is 111 cm³/mol. The molecule has 5 rings (SSSR count). The zero-order valence-electron chi connectivity index (χ0n) is 16.2. The smallest absolute Gasteiger partial charge is 0.255 e. The fourth-order valence-electron chi connectivity index (χ4n) is 3.44. The first-order valence-electron chi connectivity index (χ1n) is 9.74. The van der Waals surface area contributed by atoms with Crippen LogP contribution in [0.15, 0.2) is 54.6 Å². The third-order valence-corrected chi connectivity index (χ3v) is 5.04. The van der Waals surface area contributed by atoms with E-state index in [4.69, 9.17) is 14.2 Å². The summed E-state index contributed by atoms with van der Waals surface area (Å²) >= 11 is 0. The van der Waals surface area contributed by atoms with Crippen molar-refractivity contribution in [1.82, 2.24) is 10.2 Å². The average Bonchev–Trinajstić information content (AvgIpc) is 3.28. The molecule has 8 heteroatoms. The highest BCUT2D eigenvalue weighted by Crippen LogP contribution is 2.32. The van der Waals surface area contributed by atoms with Crippen LogP contribution in [0.3, 0.4) is 0 Å². The number of amides is 1. The lowest BCUT2D eigenvalue weighted by atomic mass is 10.1. The molecule has 3 aromatic rings. The number of ether oxygens (including phenoxy) is 3. The zero-order chi connectivity index (χ0) is 20.3. The Bertz CT molecular complexity index is 1060. The van der Waals surface area contributed by atoms with Crippen LogP contribution in [0.25, 0.3) is 11.3 Å². The minimum absolute atomic E-state index is 0.174. The summed E-state index contributed by atoms with van der Waals surface area (Å²) in [5.41, 5.74) is 2.79. The fraction of sp³-hybridized carbons (Fsp3) is 0.227. The summed E-state index contributed by atoms with van der Waals surface area (Å²) in [6.07, 6.45) is 0. The van der Waals surface area contributed by atoms with E-state index in [1.165, 1.54) is 0 Å². The maximum Gasteiger partial charge on any atom is 0.255 e. The summed E-state index contributed by atoms with van der Waals surface area (Å²) in [5, 5.41) is 11.6. The monoisotopic (exact) mass is 404 g/mol. The fourth-order valence-corrected chi connectivity index (χ4v) is 3.44. The van der Waals surface area contributed by atoms with Gasteiger partial charge in [0.2, 0.25) is 6.79 Å². The number of nitrogens with zero attached hydrogens (tertiary/aromatic N) is 3. The van der Waals surface area contributed by atoms with E-state index in [1.807, 2.05) is 36.4 Å². The van der Waals surface area contributed by atoms with E-state index in [9.17, 15) is 4.79 Å². The molecule has 0 unspecified atom stereocenters. The minimum Gasteiger partial charge on any atom is -0.454 e. The molecular formula is C22H20N4O4. The molecule has 0 aliphatic carbocycles. The van der Waals surface area contributed by atoms with Gasteiger partial charge in [-0.25, -0.2) is 0 Å². The summed E-state index contributed by atoms with van der Waals surface area (Å²) < 4.78 is 16.0. The van der Waals surface area contributed by atoms with E-state index in [-0.39, 0.29) is 12.7 Å². The first-order valence-corrected chi connectivity index (χ1v) is 9.74. The van der Waals surface area contributed by atoms with Gasteiger partial charge in [-0.2, -0.15) is 0 Å². The van der Waals surface area contributed by atoms with E-state index < -0.39 is 0 Å². The van der Waals surface area contributed by atoms with Gasteiger partial charge in [-0.3, -0.25) is 4.79 Å². The Labute approximate surface area is 173 Å². The number of fused-ring (bicyclic) bond motifs is 1. The van der Waals surface area contributed by atoms with Gasteiger partial charge in [-0.05, 0) is 42.5 Å². The Hall–Kier alpha value is -3.65. The van der Waals surface area contributed by atoms with E-state index in [0.717, 1.165) is 30.2 Å². The van der Waals surface area contributed by atoms with Crippen LogP contribution < -0.4 is 19.7 Å². The number of anilines is 2. The van der Waals surface area contributed by atoms with Crippen molar-refractivity contribution >= 4 is 17.4 Å². The molecule has 1 N–H and O–H groups in total. The molecular weight excluding hydrogens is 384 g/mol. The van der Waals surface area contributed by atoms with Crippen molar-refractivity contribution in [2.45, 2.75) is 0 Å². The highest BCUT2D eigenvalue weighted by molar-refractivity contribution is 6.05. The summed E-state index contributed by atoms with van der Waals surface area (Å²) in [5.74, 6) is 1.84. The van der Waals surface area contributed by atoms with Crippen molar-refractivity contribution in [3.05, 3.63) is 60.2 Å². The Morgan fingerprint density at radius 1 is 0.933 bits per heavy atom. The van der Waals surface area contributed by atoms with Gasteiger partial charge in [0.15, 0.2) is 17.3 Å². The maximum absolute atomic E-state index is 12.6. The molecule has 0 bridgehead atoms. The maximum atomic E-state index is 12.6. The standard InChI is InChI=1S/C22H20N4O4/c27-22(16-4-6-19-20(13-16)30-14-29-19)23-17-3-1-2-15(12-17)18-5-7-21(25-24-18)26-8-10-28-11-9-26/h1-7,12-13H,8-11,14H2,(H,23,27). The Morgan fingerprint density at radius 3 is 2.63 bits per heavy atom. The molecule has 3 heterocycles. The molecule has 0 atom stereocenters. The second-order valence-corrected chi connectivity index (χ2v) is 6.98. The van der Waals surface area contributed by atoms with Crippen molar-refractivity contribution in [3.8, 4) is 22.8 Å². The average molecular weight is 404 g/mol. The Kier molecular flexibility index (Phi) is 4.90. The molecule has 1 aromatic heterocycles. The van der Waals surface area contributed by atoms with Crippen molar-refractivity contribution in [2.24, 2.45) is 0 Å². The summed E-state index contributed by atoms with van der Waals surface area (Å²) in [6.45, 7) is 3.21. The van der Waals surface area contributed by atoms with Gasteiger partial charge in [0.25, 0.3) is 5.91 Å². The number of hydrogen-bond acceptors (Lipinski definition) is 7. The Morgan fingerprint density at radius 2 is 1.80 bits per heavy atom. The van der Waals surface area contributed by atoms with Crippen LogP contribution in [0.5, 0.6) is 11.5 Å². The van der Waals surface area contributed by atoms with Gasteiger partial charge < -0.3 is 24.4 Å². The molecule has 1 saturated heterocycles. The SMILES string of the molecule is O=C(Nc1cccc(-c2ccc(N3CCOCC3)nn2)c1)c1ccc2c(c1)OCO2. The van der Waals surface area contributed by atoms with Crippen LogP contribution in [0, 0.1) is 0 Å². The molecule has 2 aliphatic rings. The largest absolute Gasteiger partial charge is 0.454 e. The quantitative estimate of drug-likeness (QED) is 0.715. The highest BCUT2D eigenvalue weighted by Gasteiger charge is 2.17. The van der Waals surface area contributed by atoms with Crippen LogP contribution in [0.1, 0.15) is 10.4 Å². The lowest BCUT2D eigenvalue weighted by molar-refractivity contribution is 0.102. The molecule has 1 fully saturated rings. The van der Waals surface area contributed by atoms with Crippen LogP contribution >= 0.6 is 0 Å². The van der Waals surface area contributed by atoms with Gasteiger partial charge in [-0.1, -0.05) is 12.1 Å². The van der Waals surface area contributed by atoms with Crippen LogP contribution in [-0.2, 0) is 4.74 Å². The second kappa shape index (κ2) is 8.00. The topological polar surface area (TPSA) is 85.8 Å². The molecule has 2 aromatic carbocycles. The number of aromatic nitrogens is 2. The van der Waals surface area contributed by atoms with Crippen LogP contribution in [0.2, 0.25) is 0 Å². The summed E-state index contributed by atoms with van der Waals surface area (Å²) in [7, 11) is 0. The van der Waals surface area contributed by atoms with Gasteiger partial charge in [-0.15, -0.1) is 10.2 Å². The van der Waals surface area contributed by atoms with Gasteiger partial charge in [0, 0.05) is 29.9 Å². The lowest BCUT2D eigenvalue weighted by Crippen LogP contribution is -2.36. The van der Waals surface area contributed by atoms with Crippen molar-refractivity contribution < 1.29 is 19.0 Å². The molecule has 0 saturated carbocycles. The lowest BCUT2D eigenvalue weighted by Gasteiger charge is -2.27. The molecule has 152 valence electrons. The second-order valence-electron chi connectivity index (χ2n) is 6.98. The van der Waals surface area contributed by atoms with E-state index in [1.54, 1.807) is 18.2 Å². The van der Waals surface area contributed by atoms with Gasteiger partial charge >= 0.3 is 0 Å². The number of hydrogen-bond donors (Lipinski definition) is 1. The van der Waals surface area contributed by atoms with Crippen molar-refractivity contribution in [1.29, 1.82) is 0 Å². The minimum atomic E-state index is -0.223. The molecule has 0 spiro atoms. The van der Waals surface area contributed by atoms with Crippen molar-refractivity contribution in [2.75, 3.05) is 43.3 Å². The molecule has 0 radical (unpaired) electrons. The van der Waals surface area contributed by atoms with E-state index in [2.05, 4.69) is 20.4 Å². The van der Waals surface area contributed by atoms with Gasteiger partial charge in [0.05, 0.1) is 18.9 Å². The van der Waals surface area contributed by atoms with Crippen LogP contribution in [-0.4, -0.2) is 49.2 Å². The number of carbonyl (C=O) groups excluding carboxylic acids is 1. The van der Waals surface area contributed by atoms with Crippen molar-refractivity contribution in [3.63, 3.8) is 0 Å². The molecule has 30 heavy (non-hydrogen) atoms. The summed E-state index contributed by atoms with van der Waals surface area (Å²) in [6, 6.07) is 16.6. The number of nitrogens with one attached hydrogen (secondary N) is 1. The molecule has 1 amide bonds. The van der Waals surface area contributed by atoms with E-state index >= 15 is 0 Å². The third-order valence-electron chi connectivity index (χ3n) is 5.04. The Balaban J connectivity index is 1.31. The normalized spacial score (nSPS) is 15.1. The molecule has 8 nitrogen and oxygen atoms in total. The predicted octanol–water partition coefficient (Wildman–Crippen LogP) is 2.96. The molecule has 2 aliphatic heterocycles. The van der Waals surface area contributed by atoms with Crippen LogP contribution in [0.4, 0.5) is 11.5 Å². The number of carbonyl (C=O) groups is 1. The van der Waals surface area contributed by atoms with Gasteiger partial charge in [0.1, 0.15) is 0 Å². The zero-order valence-corrected chi connectivity index (χ0v) is 16.2. The first-order chi connectivity index (χ1) is 14.8.